The molecule has 1 atom stereocenters. The van der Waals surface area contributed by atoms with Gasteiger partial charge in [-0.05, 0) is 43.2 Å². The molecule has 7 nitrogen and oxygen atoms in total. The van der Waals surface area contributed by atoms with Crippen molar-refractivity contribution in [1.82, 2.24) is 29.8 Å². The van der Waals surface area contributed by atoms with Gasteiger partial charge in [0, 0.05) is 57.6 Å². The maximum Gasteiger partial charge on any atom is 0.193 e. The molecule has 1 saturated heterocycles. The van der Waals surface area contributed by atoms with Gasteiger partial charge in [0.15, 0.2) is 5.96 Å². The second-order valence-corrected chi connectivity index (χ2v) is 7.44. The molecule has 30 heavy (non-hydrogen) atoms. The second-order valence-electron chi connectivity index (χ2n) is 7.44. The molecule has 1 aromatic carbocycles. The lowest BCUT2D eigenvalue weighted by molar-refractivity contribution is 0.485. The lowest BCUT2D eigenvalue weighted by atomic mass is 10.0. The summed E-state index contributed by atoms with van der Waals surface area (Å²) >= 11 is 0. The monoisotopic (exact) mass is 523 g/mol. The van der Waals surface area contributed by atoms with Gasteiger partial charge in [-0.25, -0.2) is 9.07 Å². The van der Waals surface area contributed by atoms with Crippen LogP contribution in [0.25, 0.3) is 5.69 Å². The molecule has 0 bridgehead atoms. The van der Waals surface area contributed by atoms with Gasteiger partial charge in [-0.1, -0.05) is 0 Å². The summed E-state index contributed by atoms with van der Waals surface area (Å²) in [7, 11) is 3.76. The third-order valence-electron chi connectivity index (χ3n) is 5.42. The first-order chi connectivity index (χ1) is 14.0. The van der Waals surface area contributed by atoms with E-state index in [-0.39, 0.29) is 29.8 Å². The highest BCUT2D eigenvalue weighted by atomic mass is 127. The first kappa shape index (κ1) is 22.3. The second kappa shape index (κ2) is 9.59. The van der Waals surface area contributed by atoms with E-state index in [9.17, 15) is 4.39 Å². The lowest BCUT2D eigenvalue weighted by Gasteiger charge is -2.21. The maximum atomic E-state index is 13.2. The molecular weight excluding hydrogens is 496 g/mol. The molecule has 2 aromatic heterocycles. The zero-order chi connectivity index (χ0) is 20.4. The van der Waals surface area contributed by atoms with Gasteiger partial charge in [0.1, 0.15) is 5.82 Å². The Morgan fingerprint density at radius 1 is 1.27 bits per heavy atom. The molecule has 4 rings (SSSR count). The third kappa shape index (κ3) is 4.82. The summed E-state index contributed by atoms with van der Waals surface area (Å²) in [5, 5.41) is 12.3. The number of likely N-dealkylation sites (tertiary alicyclic amines) is 1. The summed E-state index contributed by atoms with van der Waals surface area (Å²) in [5.41, 5.74) is 4.14. The molecule has 0 spiro atoms. The molecule has 0 aliphatic carbocycles. The highest BCUT2D eigenvalue weighted by Crippen LogP contribution is 2.26. The summed E-state index contributed by atoms with van der Waals surface area (Å²) in [4.78, 5) is 6.75. The number of halogens is 2. The largest absolute Gasteiger partial charge is 0.352 e. The van der Waals surface area contributed by atoms with Crippen molar-refractivity contribution in [1.29, 1.82) is 0 Å². The predicted octanol–water partition coefficient (Wildman–Crippen LogP) is 3.24. The van der Waals surface area contributed by atoms with Crippen LogP contribution in [-0.2, 0) is 13.6 Å². The average Bonchev–Trinajstić information content (AvgIpc) is 3.44. The molecule has 3 aromatic rings. The van der Waals surface area contributed by atoms with Gasteiger partial charge in [-0.15, -0.1) is 24.0 Å². The van der Waals surface area contributed by atoms with Gasteiger partial charge >= 0.3 is 0 Å². The van der Waals surface area contributed by atoms with Crippen molar-refractivity contribution in [3.63, 3.8) is 0 Å². The Morgan fingerprint density at radius 2 is 2.03 bits per heavy atom. The van der Waals surface area contributed by atoms with Crippen molar-refractivity contribution in [3.8, 4) is 5.69 Å². The lowest BCUT2D eigenvalue weighted by Crippen LogP contribution is -2.39. The minimum absolute atomic E-state index is 0. The van der Waals surface area contributed by atoms with E-state index in [4.69, 9.17) is 0 Å². The van der Waals surface area contributed by atoms with Crippen molar-refractivity contribution < 1.29 is 4.39 Å². The van der Waals surface area contributed by atoms with Crippen LogP contribution in [0.4, 0.5) is 4.39 Å². The first-order valence-corrected chi connectivity index (χ1v) is 9.78. The van der Waals surface area contributed by atoms with Gasteiger partial charge in [0.05, 0.1) is 17.6 Å². The van der Waals surface area contributed by atoms with Crippen molar-refractivity contribution in [2.45, 2.75) is 25.8 Å². The van der Waals surface area contributed by atoms with E-state index in [1.807, 2.05) is 38.1 Å². The summed E-state index contributed by atoms with van der Waals surface area (Å²) in [6, 6.07) is 6.33. The van der Waals surface area contributed by atoms with E-state index in [0.717, 1.165) is 42.4 Å². The quantitative estimate of drug-likeness (QED) is 0.324. The van der Waals surface area contributed by atoms with Gasteiger partial charge < -0.3 is 10.2 Å². The Labute approximate surface area is 193 Å². The fourth-order valence-corrected chi connectivity index (χ4v) is 3.78. The number of benzene rings is 1. The minimum Gasteiger partial charge on any atom is -0.352 e. The van der Waals surface area contributed by atoms with Crippen LogP contribution >= 0.6 is 24.0 Å². The number of hydrogen-bond acceptors (Lipinski definition) is 3. The number of aryl methyl sites for hydroxylation is 2. The first-order valence-electron chi connectivity index (χ1n) is 9.78. The van der Waals surface area contributed by atoms with Crippen LogP contribution in [0.3, 0.4) is 0 Å². The smallest absolute Gasteiger partial charge is 0.193 e. The Balaban J connectivity index is 0.00000256. The molecule has 1 aliphatic rings. The van der Waals surface area contributed by atoms with Crippen LogP contribution in [0, 0.1) is 12.7 Å². The number of nitrogens with zero attached hydrogens (tertiary/aromatic N) is 6. The van der Waals surface area contributed by atoms with E-state index in [2.05, 4.69) is 31.6 Å². The van der Waals surface area contributed by atoms with Crippen molar-refractivity contribution >= 4 is 29.9 Å². The number of nitrogens with one attached hydrogen (secondary N) is 1. The van der Waals surface area contributed by atoms with Crippen LogP contribution in [-0.4, -0.2) is 50.6 Å². The highest BCUT2D eigenvalue weighted by molar-refractivity contribution is 14.0. The zero-order valence-corrected chi connectivity index (χ0v) is 19.7. The molecule has 0 saturated carbocycles. The average molecular weight is 523 g/mol. The Morgan fingerprint density at radius 3 is 2.70 bits per heavy atom. The Hall–Kier alpha value is -2.43. The number of aromatic nitrogens is 4. The molecule has 1 N–H and O–H groups in total. The highest BCUT2D eigenvalue weighted by Gasteiger charge is 2.27. The van der Waals surface area contributed by atoms with E-state index in [1.54, 1.807) is 16.8 Å². The van der Waals surface area contributed by atoms with Crippen LogP contribution in [0.15, 0.2) is 47.8 Å². The van der Waals surface area contributed by atoms with Crippen LogP contribution in [0.2, 0.25) is 0 Å². The van der Waals surface area contributed by atoms with Gasteiger partial charge in [-0.2, -0.15) is 10.2 Å². The van der Waals surface area contributed by atoms with Gasteiger partial charge in [0.2, 0.25) is 0 Å². The summed E-state index contributed by atoms with van der Waals surface area (Å²) < 4.78 is 16.8. The minimum atomic E-state index is -0.251. The number of guanidine groups is 1. The fourth-order valence-electron chi connectivity index (χ4n) is 3.78. The van der Waals surface area contributed by atoms with E-state index < -0.39 is 0 Å². The summed E-state index contributed by atoms with van der Waals surface area (Å²) in [5.74, 6) is 1.12. The van der Waals surface area contributed by atoms with Gasteiger partial charge in [0.25, 0.3) is 0 Å². The Bertz CT molecular complexity index is 1010. The fraction of sp³-hybridized carbons (Fsp3) is 0.381. The molecule has 0 radical (unpaired) electrons. The van der Waals surface area contributed by atoms with Crippen LogP contribution in [0.1, 0.15) is 29.2 Å². The maximum absolute atomic E-state index is 13.2. The molecule has 1 fully saturated rings. The normalized spacial score (nSPS) is 16.6. The van der Waals surface area contributed by atoms with E-state index in [0.29, 0.717) is 12.5 Å². The molecule has 160 valence electrons. The molecule has 1 aliphatic heterocycles. The zero-order valence-electron chi connectivity index (χ0n) is 17.4. The van der Waals surface area contributed by atoms with Crippen LogP contribution < -0.4 is 5.32 Å². The predicted molar refractivity (Wildman–Crippen MR) is 126 cm³/mol. The van der Waals surface area contributed by atoms with Crippen molar-refractivity contribution in [2.75, 3.05) is 20.1 Å². The topological polar surface area (TPSA) is 63.3 Å². The van der Waals surface area contributed by atoms with E-state index >= 15 is 0 Å². The molecular formula is C21H27FIN7. The van der Waals surface area contributed by atoms with Gasteiger partial charge in [-0.3, -0.25) is 9.67 Å². The summed E-state index contributed by atoms with van der Waals surface area (Å²) in [6.45, 7) is 4.51. The number of rotatable bonds is 4. The molecule has 1 unspecified atom stereocenters. The van der Waals surface area contributed by atoms with Crippen molar-refractivity contribution in [3.05, 3.63) is 65.5 Å². The van der Waals surface area contributed by atoms with Crippen molar-refractivity contribution in [2.24, 2.45) is 12.0 Å². The third-order valence-corrected chi connectivity index (χ3v) is 5.42. The standard InChI is InChI=1S/C21H26FN7.HI/c1-15-17(14-29(26-15)20-6-4-19(22)5-7-20)10-24-21(23-2)28-9-8-16(13-28)18-11-25-27(3)12-18;/h4-7,11-12,14,16H,8-10,13H2,1-3H3,(H,23,24);1H. The SMILES string of the molecule is CN=C(NCc1cn(-c2ccc(F)cc2)nc1C)N1CCC(c2cnn(C)c2)C1.I. The van der Waals surface area contributed by atoms with Crippen LogP contribution in [0.5, 0.6) is 0 Å². The molecule has 0 amide bonds. The molecule has 3 heterocycles. The number of hydrogen-bond donors (Lipinski definition) is 1. The Kier molecular flexibility index (Phi) is 7.11. The van der Waals surface area contributed by atoms with E-state index in [1.165, 1.54) is 17.7 Å². The number of aliphatic imine (C=N–C) groups is 1. The molecule has 9 heteroatoms. The summed E-state index contributed by atoms with van der Waals surface area (Å²) in [6.07, 6.45) is 7.12.